The molecule has 1 saturated heterocycles. The zero-order valence-electron chi connectivity index (χ0n) is 20.2. The van der Waals surface area contributed by atoms with Gasteiger partial charge in [0.1, 0.15) is 0 Å². The number of unbranched alkanes of at least 4 members (excludes halogenated alkanes) is 1. The highest BCUT2D eigenvalue weighted by atomic mass is 35.5. The fourth-order valence-corrected chi connectivity index (χ4v) is 5.09. The Morgan fingerprint density at radius 3 is 2.09 bits per heavy atom. The SMILES string of the molecule is Cl.c1ccc(C(c2ccccc2)N2CCN(CCCCC3=NOC(c4ccccn4)C3)CC2)cc1. The van der Waals surface area contributed by atoms with Crippen molar-refractivity contribution in [2.45, 2.75) is 37.8 Å². The summed E-state index contributed by atoms with van der Waals surface area (Å²) < 4.78 is 0. The summed E-state index contributed by atoms with van der Waals surface area (Å²) in [6.07, 6.45) is 6.07. The summed E-state index contributed by atoms with van der Waals surface area (Å²) >= 11 is 0. The van der Waals surface area contributed by atoms with E-state index in [1.165, 1.54) is 23.3 Å². The fraction of sp³-hybridized carbons (Fsp3) is 0.379. The molecule has 0 bridgehead atoms. The smallest absolute Gasteiger partial charge is 0.174 e. The minimum Gasteiger partial charge on any atom is -0.386 e. The van der Waals surface area contributed by atoms with Crippen molar-refractivity contribution in [2.24, 2.45) is 5.16 Å². The molecule has 35 heavy (non-hydrogen) atoms. The van der Waals surface area contributed by atoms with Crippen molar-refractivity contribution in [3.63, 3.8) is 0 Å². The van der Waals surface area contributed by atoms with E-state index in [0.29, 0.717) is 6.04 Å². The molecule has 2 aliphatic rings. The third kappa shape index (κ3) is 6.69. The Labute approximate surface area is 215 Å². The molecule has 3 aromatic rings. The summed E-state index contributed by atoms with van der Waals surface area (Å²) in [6.45, 7) is 5.61. The predicted molar refractivity (Wildman–Crippen MR) is 144 cm³/mol. The Balaban J connectivity index is 0.00000289. The van der Waals surface area contributed by atoms with Gasteiger partial charge in [-0.2, -0.15) is 0 Å². The van der Waals surface area contributed by atoms with Gasteiger partial charge >= 0.3 is 0 Å². The van der Waals surface area contributed by atoms with Gasteiger partial charge in [0.05, 0.1) is 17.4 Å². The maximum Gasteiger partial charge on any atom is 0.174 e. The summed E-state index contributed by atoms with van der Waals surface area (Å²) in [5, 5.41) is 4.32. The lowest BCUT2D eigenvalue weighted by molar-refractivity contribution is 0.0825. The van der Waals surface area contributed by atoms with Crippen molar-refractivity contribution in [1.82, 2.24) is 14.8 Å². The molecule has 0 N–H and O–H groups in total. The van der Waals surface area contributed by atoms with Crippen molar-refractivity contribution >= 4 is 18.1 Å². The van der Waals surface area contributed by atoms with Gasteiger partial charge in [-0.15, -0.1) is 12.4 Å². The molecule has 184 valence electrons. The maximum atomic E-state index is 5.62. The minimum atomic E-state index is -0.00791. The van der Waals surface area contributed by atoms with Crippen LogP contribution in [0.5, 0.6) is 0 Å². The van der Waals surface area contributed by atoms with Crippen molar-refractivity contribution in [2.75, 3.05) is 32.7 Å². The van der Waals surface area contributed by atoms with Crippen LogP contribution in [0.15, 0.2) is 90.2 Å². The normalized spacial score (nSPS) is 18.7. The van der Waals surface area contributed by atoms with Crippen molar-refractivity contribution < 1.29 is 4.84 Å². The van der Waals surface area contributed by atoms with Crippen LogP contribution in [0.2, 0.25) is 0 Å². The second-order valence-corrected chi connectivity index (χ2v) is 9.27. The molecule has 0 aliphatic carbocycles. The first kappa shape index (κ1) is 25.4. The Bertz CT molecular complexity index is 1000. The van der Waals surface area contributed by atoms with Gasteiger partial charge in [0.15, 0.2) is 6.10 Å². The number of hydrogen-bond donors (Lipinski definition) is 0. The number of piperazine rings is 1. The van der Waals surface area contributed by atoms with E-state index in [2.05, 4.69) is 80.6 Å². The summed E-state index contributed by atoms with van der Waals surface area (Å²) in [4.78, 5) is 15.3. The summed E-state index contributed by atoms with van der Waals surface area (Å²) in [5.41, 5.74) is 4.91. The summed E-state index contributed by atoms with van der Waals surface area (Å²) in [7, 11) is 0. The third-order valence-corrected chi connectivity index (χ3v) is 6.94. The Kier molecular flexibility index (Phi) is 9.29. The number of nitrogens with zero attached hydrogens (tertiary/aromatic N) is 4. The topological polar surface area (TPSA) is 41.0 Å². The molecule has 3 heterocycles. The molecular formula is C29H35ClN4O. The highest BCUT2D eigenvalue weighted by Gasteiger charge is 2.26. The Morgan fingerprint density at radius 2 is 1.46 bits per heavy atom. The lowest BCUT2D eigenvalue weighted by Gasteiger charge is -2.39. The van der Waals surface area contributed by atoms with E-state index < -0.39 is 0 Å². The van der Waals surface area contributed by atoms with Crippen LogP contribution in [0.4, 0.5) is 0 Å². The van der Waals surface area contributed by atoms with Crippen LogP contribution in [0, 0.1) is 0 Å². The molecule has 1 unspecified atom stereocenters. The van der Waals surface area contributed by atoms with Gasteiger partial charge in [0.25, 0.3) is 0 Å². The van der Waals surface area contributed by atoms with Crippen LogP contribution in [-0.4, -0.2) is 53.2 Å². The standard InChI is InChI=1S/C29H34N4O.ClH/c1-3-11-24(12-4-1)29(25-13-5-2-6-14-25)33-21-19-32(20-22-33)18-10-8-15-26-23-28(34-31-26)27-16-7-9-17-30-27;/h1-7,9,11-14,16-17,28-29H,8,10,15,18-23H2;1H. The van der Waals surface area contributed by atoms with Crippen LogP contribution in [0.25, 0.3) is 0 Å². The zero-order valence-corrected chi connectivity index (χ0v) is 21.0. The van der Waals surface area contributed by atoms with Crippen LogP contribution >= 0.6 is 12.4 Å². The number of hydrogen-bond acceptors (Lipinski definition) is 5. The second-order valence-electron chi connectivity index (χ2n) is 9.27. The molecule has 1 aromatic heterocycles. The predicted octanol–water partition coefficient (Wildman–Crippen LogP) is 5.90. The molecule has 0 amide bonds. The molecule has 0 saturated carbocycles. The van der Waals surface area contributed by atoms with Crippen LogP contribution in [0.3, 0.4) is 0 Å². The monoisotopic (exact) mass is 490 g/mol. The number of pyridine rings is 1. The number of rotatable bonds is 9. The number of halogens is 1. The van der Waals surface area contributed by atoms with Crippen molar-refractivity contribution in [1.29, 1.82) is 0 Å². The molecule has 2 aromatic carbocycles. The van der Waals surface area contributed by atoms with E-state index in [1.54, 1.807) is 0 Å². The second kappa shape index (κ2) is 12.8. The lowest BCUT2D eigenvalue weighted by atomic mass is 9.96. The molecule has 5 nitrogen and oxygen atoms in total. The number of benzene rings is 2. The first-order chi connectivity index (χ1) is 16.9. The van der Waals surface area contributed by atoms with E-state index in [-0.39, 0.29) is 18.5 Å². The summed E-state index contributed by atoms with van der Waals surface area (Å²) in [6, 6.07) is 28.1. The van der Waals surface area contributed by atoms with Gasteiger partial charge in [0.2, 0.25) is 0 Å². The molecule has 2 aliphatic heterocycles. The van der Waals surface area contributed by atoms with Crippen LogP contribution in [-0.2, 0) is 4.84 Å². The molecule has 0 radical (unpaired) electrons. The zero-order chi connectivity index (χ0) is 23.0. The highest BCUT2D eigenvalue weighted by molar-refractivity contribution is 5.85. The van der Waals surface area contributed by atoms with E-state index >= 15 is 0 Å². The molecular weight excluding hydrogens is 456 g/mol. The highest BCUT2D eigenvalue weighted by Crippen LogP contribution is 2.30. The Morgan fingerprint density at radius 1 is 0.800 bits per heavy atom. The van der Waals surface area contributed by atoms with Crippen molar-refractivity contribution in [3.8, 4) is 0 Å². The average Bonchev–Trinajstić information content (AvgIpc) is 3.39. The third-order valence-electron chi connectivity index (χ3n) is 6.94. The fourth-order valence-electron chi connectivity index (χ4n) is 5.09. The molecule has 0 spiro atoms. The van der Waals surface area contributed by atoms with Gasteiger partial charge in [-0.25, -0.2) is 0 Å². The van der Waals surface area contributed by atoms with Crippen molar-refractivity contribution in [3.05, 3.63) is 102 Å². The molecule has 6 heteroatoms. The van der Waals surface area contributed by atoms with Crippen LogP contribution < -0.4 is 0 Å². The summed E-state index contributed by atoms with van der Waals surface area (Å²) in [5.74, 6) is 0. The Hall–Kier alpha value is -2.73. The molecule has 1 atom stereocenters. The molecule has 1 fully saturated rings. The average molecular weight is 491 g/mol. The number of aromatic nitrogens is 1. The van der Waals surface area contributed by atoms with Gasteiger partial charge < -0.3 is 9.74 Å². The van der Waals surface area contributed by atoms with E-state index in [1.807, 2.05) is 24.4 Å². The van der Waals surface area contributed by atoms with E-state index in [9.17, 15) is 0 Å². The minimum absolute atomic E-state index is 0. The van der Waals surface area contributed by atoms with E-state index in [4.69, 9.17) is 4.84 Å². The first-order valence-electron chi connectivity index (χ1n) is 12.6. The number of oxime groups is 1. The largest absolute Gasteiger partial charge is 0.386 e. The lowest BCUT2D eigenvalue weighted by Crippen LogP contribution is -2.48. The molecule has 5 rings (SSSR count). The van der Waals surface area contributed by atoms with Gasteiger partial charge in [-0.1, -0.05) is 71.9 Å². The van der Waals surface area contributed by atoms with Crippen LogP contribution in [0.1, 0.15) is 54.6 Å². The quantitative estimate of drug-likeness (QED) is 0.350. The van der Waals surface area contributed by atoms with Gasteiger partial charge in [-0.3, -0.25) is 9.88 Å². The maximum absolute atomic E-state index is 5.62. The van der Waals surface area contributed by atoms with E-state index in [0.717, 1.165) is 57.7 Å². The van der Waals surface area contributed by atoms with Gasteiger partial charge in [-0.05, 0) is 49.1 Å². The first-order valence-corrected chi connectivity index (χ1v) is 12.6. The van der Waals surface area contributed by atoms with Gasteiger partial charge in [0, 0.05) is 38.8 Å².